The average Bonchev–Trinajstić information content (AvgIpc) is 3.30. The maximum absolute atomic E-state index is 6.25. The number of fused-ring (bicyclic) bond motifs is 8. The summed E-state index contributed by atoms with van der Waals surface area (Å²) in [5.41, 5.74) is 6.96. The van der Waals surface area contributed by atoms with Gasteiger partial charge in [-0.1, -0.05) is 54.5 Å². The van der Waals surface area contributed by atoms with E-state index in [0.29, 0.717) is 17.3 Å². The normalized spacial score (nSPS) is 17.1. The smallest absolute Gasteiger partial charge is 0.250 e. The molecule has 4 aromatic heterocycles. The van der Waals surface area contributed by atoms with E-state index in [2.05, 4.69) is 66.7 Å². The molecule has 6 rings (SSSR count). The second-order valence-corrected chi connectivity index (χ2v) is 11.0. The molecule has 0 radical (unpaired) electrons. The molecular formula is C27H27N3O2. The first kappa shape index (κ1) is 19.5. The van der Waals surface area contributed by atoms with Gasteiger partial charge >= 0.3 is 0 Å². The van der Waals surface area contributed by atoms with Crippen molar-refractivity contribution in [1.29, 1.82) is 0 Å². The van der Waals surface area contributed by atoms with Crippen LogP contribution in [-0.2, 0) is 16.2 Å². The molecule has 0 amide bonds. The number of pyridine rings is 2. The predicted octanol–water partition coefficient (Wildman–Crippen LogP) is 7.05. The number of hydrogen-bond donors (Lipinski definition) is 0. The van der Waals surface area contributed by atoms with Crippen molar-refractivity contribution in [3.63, 3.8) is 0 Å². The Labute approximate surface area is 186 Å². The van der Waals surface area contributed by atoms with Crippen molar-refractivity contribution < 1.29 is 8.83 Å². The summed E-state index contributed by atoms with van der Waals surface area (Å²) in [7, 11) is 0. The van der Waals surface area contributed by atoms with Crippen LogP contribution in [0.5, 0.6) is 0 Å². The Hall–Kier alpha value is -3.21. The van der Waals surface area contributed by atoms with Gasteiger partial charge in [0.05, 0.1) is 11.1 Å². The van der Waals surface area contributed by atoms with Gasteiger partial charge in [-0.3, -0.25) is 4.98 Å². The molecule has 5 heteroatoms. The lowest BCUT2D eigenvalue weighted by molar-refractivity contribution is 0.300. The molecule has 0 aliphatic heterocycles. The molecule has 0 saturated heterocycles. The van der Waals surface area contributed by atoms with Gasteiger partial charge in [-0.25, -0.2) is 4.98 Å². The van der Waals surface area contributed by atoms with E-state index in [4.69, 9.17) is 23.8 Å². The molecule has 1 aliphatic rings. The van der Waals surface area contributed by atoms with Crippen molar-refractivity contribution in [3.05, 3.63) is 53.5 Å². The quantitative estimate of drug-likeness (QED) is 0.266. The van der Waals surface area contributed by atoms with Crippen molar-refractivity contribution >= 4 is 33.3 Å². The SMILES string of the molecule is CC(C)(C)c1nc2cc3c(nc2o1)oc1ccc2c(c13)C(C)(C)C(C)(C)c1cccnc1-2. The summed E-state index contributed by atoms with van der Waals surface area (Å²) in [6.45, 7) is 15.5. The fraction of sp³-hybridized carbons (Fsp3) is 0.370. The lowest BCUT2D eigenvalue weighted by Gasteiger charge is -2.48. The van der Waals surface area contributed by atoms with Crippen LogP contribution in [0.15, 0.2) is 45.4 Å². The van der Waals surface area contributed by atoms with E-state index in [1.165, 1.54) is 11.1 Å². The number of nitrogens with zero attached hydrogens (tertiary/aromatic N) is 3. The summed E-state index contributed by atoms with van der Waals surface area (Å²) in [6.07, 6.45) is 1.88. The van der Waals surface area contributed by atoms with Crippen molar-refractivity contribution in [2.45, 2.75) is 64.7 Å². The fourth-order valence-corrected chi connectivity index (χ4v) is 5.09. The van der Waals surface area contributed by atoms with Crippen molar-refractivity contribution in [3.8, 4) is 11.3 Å². The Kier molecular flexibility index (Phi) is 3.51. The van der Waals surface area contributed by atoms with Crippen molar-refractivity contribution in [2.75, 3.05) is 0 Å². The van der Waals surface area contributed by atoms with Gasteiger partial charge < -0.3 is 8.83 Å². The molecule has 4 heterocycles. The largest absolute Gasteiger partial charge is 0.438 e. The van der Waals surface area contributed by atoms with Crippen LogP contribution in [0.2, 0.25) is 0 Å². The first-order chi connectivity index (χ1) is 15.0. The maximum atomic E-state index is 6.25. The van der Waals surface area contributed by atoms with Gasteiger partial charge in [0.25, 0.3) is 0 Å². The second-order valence-electron chi connectivity index (χ2n) is 11.0. The Morgan fingerprint density at radius 2 is 1.66 bits per heavy atom. The van der Waals surface area contributed by atoms with Crippen LogP contribution < -0.4 is 0 Å². The zero-order valence-electron chi connectivity index (χ0n) is 19.6. The lowest BCUT2D eigenvalue weighted by Crippen LogP contribution is -2.43. The highest BCUT2D eigenvalue weighted by Crippen LogP contribution is 2.56. The molecule has 5 nitrogen and oxygen atoms in total. The molecule has 32 heavy (non-hydrogen) atoms. The molecule has 0 fully saturated rings. The highest BCUT2D eigenvalue weighted by atomic mass is 16.4. The van der Waals surface area contributed by atoms with Gasteiger partial charge in [-0.15, -0.1) is 0 Å². The van der Waals surface area contributed by atoms with Crippen molar-refractivity contribution in [2.24, 2.45) is 0 Å². The number of rotatable bonds is 0. The zero-order valence-corrected chi connectivity index (χ0v) is 19.6. The second kappa shape index (κ2) is 5.77. The average molecular weight is 426 g/mol. The summed E-state index contributed by atoms with van der Waals surface area (Å²) in [6, 6.07) is 10.5. The van der Waals surface area contributed by atoms with Crippen molar-refractivity contribution in [1.82, 2.24) is 15.0 Å². The number of aromatic nitrogens is 3. The highest BCUT2D eigenvalue weighted by molar-refractivity contribution is 6.11. The van der Waals surface area contributed by atoms with Crippen LogP contribution in [0.25, 0.3) is 44.6 Å². The Bertz CT molecular complexity index is 1560. The minimum atomic E-state index is -0.190. The summed E-state index contributed by atoms with van der Waals surface area (Å²) in [5.74, 6) is 0.679. The molecule has 0 saturated carbocycles. The summed E-state index contributed by atoms with van der Waals surface area (Å²) < 4.78 is 12.2. The summed E-state index contributed by atoms with van der Waals surface area (Å²) >= 11 is 0. The summed E-state index contributed by atoms with van der Waals surface area (Å²) in [5, 5.41) is 2.07. The molecule has 1 aromatic carbocycles. The van der Waals surface area contributed by atoms with E-state index in [0.717, 1.165) is 33.1 Å². The van der Waals surface area contributed by atoms with Crippen LogP contribution in [0.3, 0.4) is 0 Å². The first-order valence-electron chi connectivity index (χ1n) is 11.1. The number of benzene rings is 1. The fourth-order valence-electron chi connectivity index (χ4n) is 5.09. The van der Waals surface area contributed by atoms with Crippen LogP contribution >= 0.6 is 0 Å². The van der Waals surface area contributed by atoms with Gasteiger partial charge in [0.2, 0.25) is 17.3 Å². The maximum Gasteiger partial charge on any atom is 0.250 e. The zero-order chi connectivity index (χ0) is 22.6. The van der Waals surface area contributed by atoms with Gasteiger partial charge in [-0.2, -0.15) is 4.98 Å². The third kappa shape index (κ3) is 2.31. The van der Waals surface area contributed by atoms with Crippen LogP contribution in [0.1, 0.15) is 65.5 Å². The third-order valence-electron chi connectivity index (χ3n) is 7.56. The van der Waals surface area contributed by atoms with E-state index in [1.807, 2.05) is 18.3 Å². The van der Waals surface area contributed by atoms with Gasteiger partial charge in [0, 0.05) is 33.4 Å². The minimum absolute atomic E-state index is 0.119. The molecule has 162 valence electrons. The third-order valence-corrected chi connectivity index (χ3v) is 7.56. The van der Waals surface area contributed by atoms with Gasteiger partial charge in [-0.05, 0) is 35.4 Å². The topological polar surface area (TPSA) is 65.0 Å². The molecule has 0 spiro atoms. The summed E-state index contributed by atoms with van der Waals surface area (Å²) in [4.78, 5) is 14.3. The van der Waals surface area contributed by atoms with Gasteiger partial charge in [0.1, 0.15) is 11.1 Å². The predicted molar refractivity (Wildman–Crippen MR) is 127 cm³/mol. The number of hydrogen-bond acceptors (Lipinski definition) is 5. The monoisotopic (exact) mass is 425 g/mol. The molecule has 0 N–H and O–H groups in total. The molecule has 5 aromatic rings. The number of furan rings is 1. The lowest BCUT2D eigenvalue weighted by atomic mass is 9.55. The van der Waals surface area contributed by atoms with E-state index in [-0.39, 0.29) is 16.2 Å². The van der Waals surface area contributed by atoms with E-state index in [9.17, 15) is 0 Å². The van der Waals surface area contributed by atoms with Crippen LogP contribution in [-0.4, -0.2) is 15.0 Å². The van der Waals surface area contributed by atoms with E-state index >= 15 is 0 Å². The molecule has 0 unspecified atom stereocenters. The number of oxazole rings is 1. The molecule has 1 aliphatic carbocycles. The van der Waals surface area contributed by atoms with Crippen LogP contribution in [0, 0.1) is 0 Å². The standard InChI is InChI=1S/C27H27N3O2/c1-25(2,3)24-29-17-13-15-19-18(31-22(15)30-23(17)32-24)11-10-14-20(19)27(6,7)26(4,5)16-9-8-12-28-21(14)16/h8-13H,1-7H3. The Morgan fingerprint density at radius 3 is 2.41 bits per heavy atom. The highest BCUT2D eigenvalue weighted by Gasteiger charge is 2.47. The Morgan fingerprint density at radius 1 is 0.875 bits per heavy atom. The van der Waals surface area contributed by atoms with E-state index < -0.39 is 0 Å². The first-order valence-corrected chi connectivity index (χ1v) is 11.1. The van der Waals surface area contributed by atoms with Crippen LogP contribution in [0.4, 0.5) is 0 Å². The van der Waals surface area contributed by atoms with Gasteiger partial charge in [0.15, 0.2) is 0 Å². The molecular weight excluding hydrogens is 398 g/mol. The van der Waals surface area contributed by atoms with E-state index in [1.54, 1.807) is 0 Å². The molecule has 0 bridgehead atoms. The molecule has 0 atom stereocenters. The minimum Gasteiger partial charge on any atom is -0.438 e. The Balaban J connectivity index is 1.75.